The first-order valence-electron chi connectivity index (χ1n) is 12.0. The summed E-state index contributed by atoms with van der Waals surface area (Å²) < 4.78 is 3.82. The van der Waals surface area contributed by atoms with Gasteiger partial charge in [-0.15, -0.1) is 0 Å². The Hall–Kier alpha value is -3.05. The minimum atomic E-state index is -0.207. The number of thioether (sulfide) groups is 1. The Morgan fingerprint density at radius 2 is 1.97 bits per heavy atom. The number of amides is 1. The maximum Gasteiger partial charge on any atom is 0.262 e. The van der Waals surface area contributed by atoms with Crippen molar-refractivity contribution in [3.63, 3.8) is 0 Å². The number of carbonyl (C=O) groups excluding carboxylic acids is 1. The van der Waals surface area contributed by atoms with Gasteiger partial charge in [0.15, 0.2) is 5.16 Å². The van der Waals surface area contributed by atoms with E-state index in [-0.39, 0.29) is 17.2 Å². The van der Waals surface area contributed by atoms with Crippen LogP contribution < -0.4 is 10.9 Å². The van der Waals surface area contributed by atoms with Gasteiger partial charge in [-0.05, 0) is 50.8 Å². The fourth-order valence-corrected chi connectivity index (χ4v) is 5.68. The van der Waals surface area contributed by atoms with E-state index in [2.05, 4.69) is 20.9 Å². The summed E-state index contributed by atoms with van der Waals surface area (Å²) in [5.41, 5.74) is 3.04. The fraction of sp³-hybridized carbons (Fsp3) is 0.462. The van der Waals surface area contributed by atoms with Gasteiger partial charge in [0.25, 0.3) is 5.56 Å². The summed E-state index contributed by atoms with van der Waals surface area (Å²) in [5, 5.41) is 14.0. The highest BCUT2D eigenvalue weighted by Crippen LogP contribution is 2.36. The van der Waals surface area contributed by atoms with Gasteiger partial charge in [-0.25, -0.2) is 4.98 Å². The lowest BCUT2D eigenvalue weighted by molar-refractivity contribution is -0.113. The van der Waals surface area contributed by atoms with Gasteiger partial charge in [-0.2, -0.15) is 5.26 Å². The van der Waals surface area contributed by atoms with E-state index in [0.717, 1.165) is 43.4 Å². The van der Waals surface area contributed by atoms with Crippen LogP contribution in [0.2, 0.25) is 0 Å². The fourth-order valence-electron chi connectivity index (χ4n) is 4.86. The van der Waals surface area contributed by atoms with E-state index in [1.807, 2.05) is 39.0 Å². The molecule has 1 N–H and O–H groups in total. The van der Waals surface area contributed by atoms with E-state index in [1.54, 1.807) is 10.6 Å². The minimum absolute atomic E-state index is 0.0838. The van der Waals surface area contributed by atoms with Crippen LogP contribution >= 0.6 is 11.8 Å². The molecule has 178 valence electrons. The van der Waals surface area contributed by atoms with E-state index in [0.29, 0.717) is 40.0 Å². The molecule has 0 bridgehead atoms. The zero-order chi connectivity index (χ0) is 24.2. The van der Waals surface area contributed by atoms with Crippen molar-refractivity contribution in [2.24, 2.45) is 0 Å². The lowest BCUT2D eigenvalue weighted by Gasteiger charge is -2.27. The summed E-state index contributed by atoms with van der Waals surface area (Å²) in [6.45, 7) is 6.52. The topological polar surface area (TPSA) is 92.7 Å². The standard InChI is InChI=1S/C26H31N5O2S/c1-4-14-30-25(33)20-12-8-9-13-22(20)28-26(30)34-16-23(32)29-24-21(15-27)17(2)18(3)31(24)19-10-6-5-7-11-19/h8-9,12-13,19H,4-7,10-11,14,16H2,1-3H3,(H,29,32). The van der Waals surface area contributed by atoms with Gasteiger partial charge in [0, 0.05) is 18.3 Å². The normalized spacial score (nSPS) is 14.3. The maximum atomic E-state index is 13.1. The average Bonchev–Trinajstić information content (AvgIpc) is 3.09. The number of nitrogens with zero attached hydrogens (tertiary/aromatic N) is 4. The Morgan fingerprint density at radius 3 is 2.68 bits per heavy atom. The minimum Gasteiger partial charge on any atom is -0.327 e. The molecular formula is C26H31N5O2S. The monoisotopic (exact) mass is 477 g/mol. The van der Waals surface area contributed by atoms with Crippen molar-refractivity contribution in [2.75, 3.05) is 11.1 Å². The number of nitrogens with one attached hydrogen (secondary N) is 1. The number of nitriles is 1. The van der Waals surface area contributed by atoms with Crippen LogP contribution in [0.15, 0.2) is 34.2 Å². The van der Waals surface area contributed by atoms with Crippen LogP contribution in [0.4, 0.5) is 5.82 Å². The summed E-state index contributed by atoms with van der Waals surface area (Å²) in [4.78, 5) is 30.7. The molecular weight excluding hydrogens is 446 g/mol. The van der Waals surface area contributed by atoms with Crippen LogP contribution in [0.5, 0.6) is 0 Å². The van der Waals surface area contributed by atoms with Crippen LogP contribution in [0, 0.1) is 25.2 Å². The summed E-state index contributed by atoms with van der Waals surface area (Å²) in [6, 6.07) is 9.89. The SMILES string of the molecule is CCCn1c(SCC(=O)Nc2c(C#N)c(C)c(C)n2C2CCCCC2)nc2ccccc2c1=O. The van der Waals surface area contributed by atoms with E-state index >= 15 is 0 Å². The summed E-state index contributed by atoms with van der Waals surface area (Å²) in [7, 11) is 0. The van der Waals surface area contributed by atoms with Crippen molar-refractivity contribution in [1.82, 2.24) is 14.1 Å². The number of anilines is 1. The van der Waals surface area contributed by atoms with Crippen LogP contribution in [0.25, 0.3) is 10.9 Å². The number of carbonyl (C=O) groups is 1. The molecule has 1 amide bonds. The van der Waals surface area contributed by atoms with Crippen molar-refractivity contribution in [1.29, 1.82) is 5.26 Å². The maximum absolute atomic E-state index is 13.1. The Bertz CT molecular complexity index is 1310. The van der Waals surface area contributed by atoms with Gasteiger partial charge in [0.2, 0.25) is 5.91 Å². The van der Waals surface area contributed by atoms with Gasteiger partial charge in [0.05, 0.1) is 22.2 Å². The Kier molecular flexibility index (Phi) is 7.42. The molecule has 0 aliphatic heterocycles. The quantitative estimate of drug-likeness (QED) is 0.367. The molecule has 0 radical (unpaired) electrons. The highest BCUT2D eigenvalue weighted by Gasteiger charge is 2.26. The van der Waals surface area contributed by atoms with Crippen molar-refractivity contribution in [3.05, 3.63) is 51.4 Å². The molecule has 1 aromatic carbocycles. The third-order valence-electron chi connectivity index (χ3n) is 6.67. The first-order chi connectivity index (χ1) is 16.5. The van der Waals surface area contributed by atoms with Gasteiger partial charge >= 0.3 is 0 Å². The molecule has 7 nitrogen and oxygen atoms in total. The van der Waals surface area contributed by atoms with Crippen molar-refractivity contribution < 1.29 is 4.79 Å². The number of para-hydroxylation sites is 1. The number of hydrogen-bond acceptors (Lipinski definition) is 5. The molecule has 0 saturated heterocycles. The van der Waals surface area contributed by atoms with Gasteiger partial charge in [0.1, 0.15) is 11.9 Å². The lowest BCUT2D eigenvalue weighted by Crippen LogP contribution is -2.25. The average molecular weight is 478 g/mol. The van der Waals surface area contributed by atoms with Crippen molar-refractivity contribution >= 4 is 34.4 Å². The van der Waals surface area contributed by atoms with Gasteiger partial charge in [-0.1, -0.05) is 50.1 Å². The summed E-state index contributed by atoms with van der Waals surface area (Å²) >= 11 is 1.26. The molecule has 34 heavy (non-hydrogen) atoms. The Balaban J connectivity index is 1.59. The van der Waals surface area contributed by atoms with Crippen LogP contribution in [-0.2, 0) is 11.3 Å². The van der Waals surface area contributed by atoms with Crippen LogP contribution in [-0.4, -0.2) is 25.8 Å². The van der Waals surface area contributed by atoms with E-state index in [1.165, 1.54) is 18.2 Å². The van der Waals surface area contributed by atoms with Gasteiger partial charge in [-0.3, -0.25) is 14.2 Å². The first-order valence-corrected chi connectivity index (χ1v) is 13.0. The second-order valence-electron chi connectivity index (χ2n) is 8.91. The molecule has 4 rings (SSSR count). The third kappa shape index (κ3) is 4.62. The smallest absolute Gasteiger partial charge is 0.262 e. The predicted molar refractivity (Wildman–Crippen MR) is 136 cm³/mol. The number of fused-ring (bicyclic) bond motifs is 1. The molecule has 1 aliphatic rings. The summed E-state index contributed by atoms with van der Waals surface area (Å²) in [6.07, 6.45) is 6.46. The largest absolute Gasteiger partial charge is 0.327 e. The number of hydrogen-bond donors (Lipinski definition) is 1. The van der Waals surface area contributed by atoms with Crippen LogP contribution in [0.1, 0.15) is 68.3 Å². The van der Waals surface area contributed by atoms with Crippen molar-refractivity contribution in [3.8, 4) is 6.07 Å². The predicted octanol–water partition coefficient (Wildman–Crippen LogP) is 5.33. The highest BCUT2D eigenvalue weighted by atomic mass is 32.2. The zero-order valence-corrected chi connectivity index (χ0v) is 20.9. The Morgan fingerprint density at radius 1 is 1.24 bits per heavy atom. The number of benzene rings is 1. The lowest BCUT2D eigenvalue weighted by atomic mass is 9.95. The molecule has 0 atom stereocenters. The molecule has 1 saturated carbocycles. The van der Waals surface area contributed by atoms with Gasteiger partial charge < -0.3 is 9.88 Å². The van der Waals surface area contributed by atoms with E-state index in [9.17, 15) is 14.9 Å². The molecule has 0 spiro atoms. The highest BCUT2D eigenvalue weighted by molar-refractivity contribution is 7.99. The Labute approximate surface area is 204 Å². The molecule has 8 heteroatoms. The zero-order valence-electron chi connectivity index (χ0n) is 20.1. The molecule has 2 heterocycles. The molecule has 3 aromatic rings. The number of rotatable bonds is 7. The van der Waals surface area contributed by atoms with E-state index in [4.69, 9.17) is 0 Å². The number of aromatic nitrogens is 3. The van der Waals surface area contributed by atoms with Crippen molar-refractivity contribution in [2.45, 2.75) is 77.0 Å². The third-order valence-corrected chi connectivity index (χ3v) is 7.65. The molecule has 1 fully saturated rings. The second kappa shape index (κ2) is 10.5. The second-order valence-corrected chi connectivity index (χ2v) is 9.86. The van der Waals surface area contributed by atoms with E-state index < -0.39 is 0 Å². The molecule has 2 aromatic heterocycles. The first kappa shape index (κ1) is 24.1. The summed E-state index contributed by atoms with van der Waals surface area (Å²) in [5.74, 6) is 0.502. The molecule has 1 aliphatic carbocycles. The molecule has 0 unspecified atom stereocenters. The van der Waals surface area contributed by atoms with Crippen LogP contribution in [0.3, 0.4) is 0 Å².